The molecule has 0 aliphatic heterocycles. The first-order valence-electron chi connectivity index (χ1n) is 8.54. The van der Waals surface area contributed by atoms with Crippen LogP contribution in [0.1, 0.15) is 49.9 Å². The van der Waals surface area contributed by atoms with Crippen LogP contribution in [0.4, 0.5) is 4.79 Å². The number of hydrogen-bond acceptors (Lipinski definition) is 5. The molecule has 7 nitrogen and oxygen atoms in total. The molecule has 2 N–H and O–H groups in total. The standard InChI is InChI=1S/C18H24N2O5/c1-3-24-17(22)13-7-6-10-15(11-13)25-12(2)16(21)20-18(23)19-14-8-4-5-9-14/h6-7,10-12,14H,3-5,8-9H2,1-2H3,(H2,19,20,21,23)/t12-/m0/s1. The van der Waals surface area contributed by atoms with E-state index in [1.165, 1.54) is 13.0 Å². The molecule has 0 spiro atoms. The molecule has 3 amide bonds. The molecule has 0 heterocycles. The molecule has 1 aliphatic carbocycles. The molecule has 136 valence electrons. The van der Waals surface area contributed by atoms with Crippen LogP contribution in [0.5, 0.6) is 5.75 Å². The first kappa shape index (κ1) is 18.8. The molecule has 0 unspecified atom stereocenters. The van der Waals surface area contributed by atoms with Gasteiger partial charge in [-0.25, -0.2) is 9.59 Å². The van der Waals surface area contributed by atoms with Crippen molar-refractivity contribution in [1.82, 2.24) is 10.6 Å². The molecule has 0 bridgehead atoms. The number of amides is 3. The second-order valence-electron chi connectivity index (χ2n) is 5.95. The Morgan fingerprint density at radius 3 is 2.64 bits per heavy atom. The van der Waals surface area contributed by atoms with Gasteiger partial charge in [0.1, 0.15) is 5.75 Å². The van der Waals surface area contributed by atoms with E-state index in [-0.39, 0.29) is 12.6 Å². The van der Waals surface area contributed by atoms with Crippen LogP contribution in [0.3, 0.4) is 0 Å². The highest BCUT2D eigenvalue weighted by Gasteiger charge is 2.21. The molecule has 7 heteroatoms. The maximum atomic E-state index is 12.1. The molecule has 1 aliphatic rings. The van der Waals surface area contributed by atoms with Crippen LogP contribution in [0.2, 0.25) is 0 Å². The van der Waals surface area contributed by atoms with Gasteiger partial charge >= 0.3 is 12.0 Å². The zero-order valence-electron chi connectivity index (χ0n) is 14.5. The lowest BCUT2D eigenvalue weighted by molar-refractivity contribution is -0.126. The molecule has 0 radical (unpaired) electrons. The van der Waals surface area contributed by atoms with Crippen molar-refractivity contribution < 1.29 is 23.9 Å². The summed E-state index contributed by atoms with van der Waals surface area (Å²) < 4.78 is 10.4. The Morgan fingerprint density at radius 2 is 1.96 bits per heavy atom. The number of nitrogens with one attached hydrogen (secondary N) is 2. The van der Waals surface area contributed by atoms with Gasteiger partial charge in [-0.1, -0.05) is 18.9 Å². The summed E-state index contributed by atoms with van der Waals surface area (Å²) >= 11 is 0. The van der Waals surface area contributed by atoms with Crippen LogP contribution in [-0.2, 0) is 9.53 Å². The second-order valence-corrected chi connectivity index (χ2v) is 5.95. The van der Waals surface area contributed by atoms with Crippen molar-refractivity contribution in [3.8, 4) is 5.75 Å². The van der Waals surface area contributed by atoms with Crippen molar-refractivity contribution in [3.63, 3.8) is 0 Å². The Balaban J connectivity index is 1.86. The van der Waals surface area contributed by atoms with Crippen molar-refractivity contribution in [3.05, 3.63) is 29.8 Å². The number of ether oxygens (including phenoxy) is 2. The van der Waals surface area contributed by atoms with Crippen LogP contribution in [0, 0.1) is 0 Å². The van der Waals surface area contributed by atoms with Gasteiger partial charge < -0.3 is 14.8 Å². The summed E-state index contributed by atoms with van der Waals surface area (Å²) in [5.74, 6) is -0.651. The predicted octanol–water partition coefficient (Wildman–Crippen LogP) is 2.40. The van der Waals surface area contributed by atoms with Crippen LogP contribution in [0.25, 0.3) is 0 Å². The number of esters is 1. The van der Waals surface area contributed by atoms with Crippen molar-refractivity contribution in [2.75, 3.05) is 6.61 Å². The minimum absolute atomic E-state index is 0.130. The number of carbonyl (C=O) groups is 3. The third kappa shape index (κ3) is 5.77. The second kappa shape index (κ2) is 9.05. The summed E-state index contributed by atoms with van der Waals surface area (Å²) in [7, 11) is 0. The van der Waals surface area contributed by atoms with E-state index in [9.17, 15) is 14.4 Å². The van der Waals surface area contributed by atoms with E-state index in [1.54, 1.807) is 25.1 Å². The van der Waals surface area contributed by atoms with Gasteiger partial charge in [-0.05, 0) is 44.9 Å². The van der Waals surface area contributed by atoms with Crippen molar-refractivity contribution in [2.24, 2.45) is 0 Å². The summed E-state index contributed by atoms with van der Waals surface area (Å²) in [6, 6.07) is 5.99. The van der Waals surface area contributed by atoms with Crippen molar-refractivity contribution in [1.29, 1.82) is 0 Å². The van der Waals surface area contributed by atoms with E-state index >= 15 is 0 Å². The molecule has 1 fully saturated rings. The number of hydrogen-bond donors (Lipinski definition) is 2. The van der Waals surface area contributed by atoms with E-state index < -0.39 is 24.0 Å². The highest BCUT2D eigenvalue weighted by atomic mass is 16.5. The summed E-state index contributed by atoms with van der Waals surface area (Å²) in [6.07, 6.45) is 3.18. The average Bonchev–Trinajstić information content (AvgIpc) is 3.08. The van der Waals surface area contributed by atoms with Gasteiger partial charge in [-0.2, -0.15) is 0 Å². The first-order chi connectivity index (χ1) is 12.0. The Morgan fingerprint density at radius 1 is 1.24 bits per heavy atom. The Labute approximate surface area is 147 Å². The maximum absolute atomic E-state index is 12.1. The summed E-state index contributed by atoms with van der Waals surface area (Å²) in [6.45, 7) is 3.54. The smallest absolute Gasteiger partial charge is 0.338 e. The van der Waals surface area contributed by atoms with Crippen molar-refractivity contribution >= 4 is 17.9 Å². The molecule has 0 saturated heterocycles. The molecule has 1 aromatic rings. The number of urea groups is 1. The Hall–Kier alpha value is -2.57. The minimum Gasteiger partial charge on any atom is -0.481 e. The fourth-order valence-corrected chi connectivity index (χ4v) is 2.67. The monoisotopic (exact) mass is 348 g/mol. The fraction of sp³-hybridized carbons (Fsp3) is 0.500. The zero-order valence-corrected chi connectivity index (χ0v) is 14.5. The van der Waals surface area contributed by atoms with Gasteiger partial charge in [-0.15, -0.1) is 0 Å². The Bertz CT molecular complexity index is 626. The van der Waals surface area contributed by atoms with Crippen LogP contribution in [-0.4, -0.2) is 36.7 Å². The van der Waals surface area contributed by atoms with Gasteiger partial charge in [0.2, 0.25) is 0 Å². The molecular formula is C18H24N2O5. The lowest BCUT2D eigenvalue weighted by Crippen LogP contribution is -2.47. The lowest BCUT2D eigenvalue weighted by Gasteiger charge is -2.16. The van der Waals surface area contributed by atoms with Gasteiger partial charge in [-0.3, -0.25) is 10.1 Å². The topological polar surface area (TPSA) is 93.7 Å². The lowest BCUT2D eigenvalue weighted by atomic mass is 10.2. The highest BCUT2D eigenvalue weighted by Crippen LogP contribution is 2.18. The van der Waals surface area contributed by atoms with Gasteiger partial charge in [0.15, 0.2) is 6.10 Å². The van der Waals surface area contributed by atoms with Gasteiger partial charge in [0.25, 0.3) is 5.91 Å². The van der Waals surface area contributed by atoms with Crippen LogP contribution < -0.4 is 15.4 Å². The fourth-order valence-electron chi connectivity index (χ4n) is 2.67. The molecular weight excluding hydrogens is 324 g/mol. The summed E-state index contributed by atoms with van der Waals surface area (Å²) in [4.78, 5) is 35.6. The number of imide groups is 1. The predicted molar refractivity (Wildman–Crippen MR) is 91.4 cm³/mol. The van der Waals surface area contributed by atoms with Gasteiger partial charge in [0, 0.05) is 6.04 Å². The summed E-state index contributed by atoms with van der Waals surface area (Å²) in [5.41, 5.74) is 0.339. The van der Waals surface area contributed by atoms with E-state index in [4.69, 9.17) is 9.47 Å². The quantitative estimate of drug-likeness (QED) is 0.770. The third-order valence-corrected chi connectivity index (χ3v) is 3.95. The SMILES string of the molecule is CCOC(=O)c1cccc(O[C@@H](C)C(=O)NC(=O)NC2CCCC2)c1. The van der Waals surface area contributed by atoms with Gasteiger partial charge in [0.05, 0.1) is 12.2 Å². The largest absolute Gasteiger partial charge is 0.481 e. The van der Waals surface area contributed by atoms with Crippen LogP contribution >= 0.6 is 0 Å². The molecule has 2 rings (SSSR count). The maximum Gasteiger partial charge on any atom is 0.338 e. The molecule has 0 aromatic heterocycles. The summed E-state index contributed by atoms with van der Waals surface area (Å²) in [5, 5.41) is 5.06. The normalized spacial score (nSPS) is 15.3. The van der Waals surface area contributed by atoms with Crippen LogP contribution in [0.15, 0.2) is 24.3 Å². The van der Waals surface area contributed by atoms with E-state index in [0.29, 0.717) is 11.3 Å². The number of benzene rings is 1. The van der Waals surface area contributed by atoms with E-state index in [2.05, 4.69) is 10.6 Å². The third-order valence-electron chi connectivity index (χ3n) is 3.95. The molecule has 25 heavy (non-hydrogen) atoms. The van der Waals surface area contributed by atoms with E-state index in [1.807, 2.05) is 0 Å². The minimum atomic E-state index is -0.883. The Kier molecular flexibility index (Phi) is 6.80. The van der Waals surface area contributed by atoms with E-state index in [0.717, 1.165) is 25.7 Å². The molecule has 1 saturated carbocycles. The van der Waals surface area contributed by atoms with Crippen molar-refractivity contribution in [2.45, 2.75) is 51.7 Å². The first-order valence-corrected chi connectivity index (χ1v) is 8.54. The highest BCUT2D eigenvalue weighted by molar-refractivity contribution is 5.96. The molecule has 1 atom stereocenters. The average molecular weight is 348 g/mol. The zero-order chi connectivity index (χ0) is 18.2. The molecule has 1 aromatic carbocycles. The number of carbonyl (C=O) groups excluding carboxylic acids is 3. The number of rotatable bonds is 6.